The molecule has 39 heavy (non-hydrogen) atoms. The summed E-state index contributed by atoms with van der Waals surface area (Å²) in [6.07, 6.45) is 1.51. The number of anilines is 5. The van der Waals surface area contributed by atoms with E-state index in [0.717, 1.165) is 49.5 Å². The summed E-state index contributed by atoms with van der Waals surface area (Å²) in [6, 6.07) is 23.1. The van der Waals surface area contributed by atoms with Crippen LogP contribution in [0.4, 0.5) is 28.7 Å². The Labute approximate surface area is 234 Å². The van der Waals surface area contributed by atoms with Gasteiger partial charge in [0, 0.05) is 54.8 Å². The van der Waals surface area contributed by atoms with E-state index < -0.39 is 0 Å². The minimum atomic E-state index is 0.442. The van der Waals surface area contributed by atoms with Crippen molar-refractivity contribution in [3.05, 3.63) is 95.5 Å². The first-order chi connectivity index (χ1) is 18.8. The Morgan fingerprint density at radius 3 is 1.82 bits per heavy atom. The molecule has 3 heterocycles. The molecule has 192 valence electrons. The lowest BCUT2D eigenvalue weighted by Crippen LogP contribution is -2.14. The summed E-state index contributed by atoms with van der Waals surface area (Å²) in [7, 11) is 0. The molecule has 0 atom stereocenters. The molecule has 0 fully saturated rings. The quantitative estimate of drug-likeness (QED) is 0.233. The summed E-state index contributed by atoms with van der Waals surface area (Å²) >= 11 is 7.48. The number of aromatic nitrogens is 5. The third-order valence-corrected chi connectivity index (χ3v) is 7.32. The molecular weight excluding hydrogens is 528 g/mol. The first-order valence-corrected chi connectivity index (χ1v) is 13.3. The molecule has 10 heteroatoms. The average Bonchev–Trinajstić information content (AvgIpc) is 2.91. The van der Waals surface area contributed by atoms with Crippen LogP contribution in [0.1, 0.15) is 11.4 Å². The van der Waals surface area contributed by atoms with Gasteiger partial charge in [-0.25, -0.2) is 9.97 Å². The Hall–Kier alpha value is -4.47. The number of hydrogen-bond donors (Lipinski definition) is 2. The van der Waals surface area contributed by atoms with Crippen molar-refractivity contribution < 1.29 is 0 Å². The Balaban J connectivity index is 1.51. The van der Waals surface area contributed by atoms with Gasteiger partial charge in [-0.1, -0.05) is 11.6 Å². The third kappa shape index (κ3) is 5.01. The number of hydrogen-bond acceptors (Lipinski definition) is 9. The molecule has 6 rings (SSSR count). The number of nitrogen functional groups attached to an aromatic ring is 2. The lowest BCUT2D eigenvalue weighted by molar-refractivity contribution is 0.889. The van der Waals surface area contributed by atoms with Gasteiger partial charge in [-0.15, -0.1) is 0 Å². The lowest BCUT2D eigenvalue weighted by atomic mass is 10.1. The first kappa shape index (κ1) is 24.8. The fourth-order valence-corrected chi connectivity index (χ4v) is 5.29. The van der Waals surface area contributed by atoms with E-state index in [0.29, 0.717) is 27.5 Å². The van der Waals surface area contributed by atoms with Gasteiger partial charge >= 0.3 is 0 Å². The minimum Gasteiger partial charge on any atom is -0.398 e. The van der Waals surface area contributed by atoms with Crippen LogP contribution in [0.25, 0.3) is 21.8 Å². The number of nitrogens with zero attached hydrogens (tertiary/aromatic N) is 6. The van der Waals surface area contributed by atoms with Gasteiger partial charge in [0.15, 0.2) is 5.16 Å². The van der Waals surface area contributed by atoms with E-state index in [9.17, 15) is 0 Å². The number of nitrogens with two attached hydrogens (primary N) is 2. The van der Waals surface area contributed by atoms with E-state index in [-0.39, 0.29) is 0 Å². The van der Waals surface area contributed by atoms with Crippen molar-refractivity contribution in [1.29, 1.82) is 0 Å². The molecule has 0 radical (unpaired) electrons. The van der Waals surface area contributed by atoms with Gasteiger partial charge in [0.2, 0.25) is 5.95 Å². The largest absolute Gasteiger partial charge is 0.398 e. The second kappa shape index (κ2) is 10.0. The van der Waals surface area contributed by atoms with Gasteiger partial charge in [0.1, 0.15) is 6.33 Å². The maximum atomic E-state index is 6.40. The maximum absolute atomic E-state index is 6.40. The second-order valence-electron chi connectivity index (χ2n) is 9.07. The van der Waals surface area contributed by atoms with Crippen LogP contribution in [0.5, 0.6) is 0 Å². The van der Waals surface area contributed by atoms with E-state index >= 15 is 0 Å². The molecule has 0 saturated carbocycles. The number of halogens is 1. The van der Waals surface area contributed by atoms with Crippen LogP contribution >= 0.6 is 23.4 Å². The van der Waals surface area contributed by atoms with Crippen LogP contribution in [0.3, 0.4) is 0 Å². The van der Waals surface area contributed by atoms with Crippen molar-refractivity contribution >= 4 is 73.9 Å². The van der Waals surface area contributed by atoms with E-state index in [1.54, 1.807) is 0 Å². The predicted molar refractivity (Wildman–Crippen MR) is 159 cm³/mol. The van der Waals surface area contributed by atoms with Crippen LogP contribution in [-0.2, 0) is 0 Å². The SMILES string of the molecule is Cc1cc(N)c2cc(N(c3ccc4nc(C)cc(N)c4c3)c3ncnc(Sc4ccc(Cl)cc4)n3)ccc2n1. The maximum Gasteiger partial charge on any atom is 0.238 e. The molecule has 0 aliphatic heterocycles. The molecule has 0 amide bonds. The van der Waals surface area contributed by atoms with Gasteiger partial charge in [-0.3, -0.25) is 14.9 Å². The zero-order valence-electron chi connectivity index (χ0n) is 21.1. The van der Waals surface area contributed by atoms with Crippen molar-refractivity contribution in [3.8, 4) is 0 Å². The average molecular weight is 551 g/mol. The van der Waals surface area contributed by atoms with Crippen molar-refractivity contribution in [2.45, 2.75) is 23.9 Å². The molecular formula is C29H23ClN8S. The highest BCUT2D eigenvalue weighted by Crippen LogP contribution is 2.38. The molecule has 0 aliphatic rings. The minimum absolute atomic E-state index is 0.442. The van der Waals surface area contributed by atoms with Crippen LogP contribution in [-0.4, -0.2) is 24.9 Å². The molecule has 0 aliphatic carbocycles. The third-order valence-electron chi connectivity index (χ3n) is 6.18. The molecule has 0 bridgehead atoms. The molecule has 3 aromatic heterocycles. The summed E-state index contributed by atoms with van der Waals surface area (Å²) in [5.74, 6) is 0.442. The molecule has 6 aromatic rings. The number of aryl methyl sites for hydroxylation is 2. The van der Waals surface area contributed by atoms with E-state index in [1.807, 2.05) is 91.5 Å². The molecule has 3 aromatic carbocycles. The van der Waals surface area contributed by atoms with Gasteiger partial charge in [0.25, 0.3) is 0 Å². The normalized spacial score (nSPS) is 11.3. The molecule has 0 spiro atoms. The summed E-state index contributed by atoms with van der Waals surface area (Å²) < 4.78 is 0. The number of benzene rings is 3. The van der Waals surface area contributed by atoms with Crippen LogP contribution in [0.15, 0.2) is 89.2 Å². The summed E-state index contributed by atoms with van der Waals surface area (Å²) in [4.78, 5) is 25.9. The first-order valence-electron chi connectivity index (χ1n) is 12.1. The Bertz CT molecular complexity index is 1770. The number of pyridine rings is 2. The van der Waals surface area contributed by atoms with Crippen molar-refractivity contribution in [3.63, 3.8) is 0 Å². The number of fused-ring (bicyclic) bond motifs is 2. The van der Waals surface area contributed by atoms with Gasteiger partial charge in [0.05, 0.1) is 11.0 Å². The number of rotatable bonds is 5. The fraction of sp³-hybridized carbons (Fsp3) is 0.0690. The summed E-state index contributed by atoms with van der Waals surface area (Å²) in [5, 5.41) is 2.89. The zero-order chi connectivity index (χ0) is 27.1. The highest BCUT2D eigenvalue weighted by atomic mass is 35.5. The van der Waals surface area contributed by atoms with Crippen LogP contribution in [0, 0.1) is 13.8 Å². The predicted octanol–water partition coefficient (Wildman–Crippen LogP) is 7.02. The summed E-state index contributed by atoms with van der Waals surface area (Å²) in [6.45, 7) is 3.85. The highest BCUT2D eigenvalue weighted by Gasteiger charge is 2.19. The van der Waals surface area contributed by atoms with Gasteiger partial charge < -0.3 is 11.5 Å². The van der Waals surface area contributed by atoms with E-state index in [2.05, 4.69) is 19.9 Å². The molecule has 0 unspecified atom stereocenters. The zero-order valence-corrected chi connectivity index (χ0v) is 22.7. The monoisotopic (exact) mass is 550 g/mol. The Kier molecular flexibility index (Phi) is 6.38. The Morgan fingerprint density at radius 1 is 0.692 bits per heavy atom. The fourth-order valence-electron chi connectivity index (χ4n) is 4.45. The van der Waals surface area contributed by atoms with E-state index in [4.69, 9.17) is 28.1 Å². The standard InChI is InChI=1S/C29H23ClN8S/c1-16-11-24(31)22-13-19(5-9-26(22)35-16)38(20-6-10-27-23(14-20)25(32)12-17(2)36-27)28-33-15-34-29(37-28)39-21-7-3-18(30)4-8-21/h3-15H,1-2H3,(H2,31,35)(H2,32,36). The lowest BCUT2D eigenvalue weighted by Gasteiger charge is -2.24. The van der Waals surface area contributed by atoms with Crippen LogP contribution in [0.2, 0.25) is 5.02 Å². The molecule has 0 saturated heterocycles. The van der Waals surface area contributed by atoms with Crippen molar-refractivity contribution in [2.24, 2.45) is 0 Å². The summed E-state index contributed by atoms with van der Waals surface area (Å²) in [5.41, 5.74) is 19.1. The van der Waals surface area contributed by atoms with E-state index in [1.165, 1.54) is 18.1 Å². The highest BCUT2D eigenvalue weighted by molar-refractivity contribution is 7.99. The Morgan fingerprint density at radius 2 is 1.26 bits per heavy atom. The van der Waals surface area contributed by atoms with Gasteiger partial charge in [-0.2, -0.15) is 4.98 Å². The van der Waals surface area contributed by atoms with Crippen molar-refractivity contribution in [2.75, 3.05) is 16.4 Å². The van der Waals surface area contributed by atoms with Crippen molar-refractivity contribution in [1.82, 2.24) is 24.9 Å². The smallest absolute Gasteiger partial charge is 0.238 e. The van der Waals surface area contributed by atoms with Crippen LogP contribution < -0.4 is 16.4 Å². The van der Waals surface area contributed by atoms with Gasteiger partial charge in [-0.05, 0) is 98.4 Å². The second-order valence-corrected chi connectivity index (χ2v) is 10.5. The topological polar surface area (TPSA) is 120 Å². The molecule has 4 N–H and O–H groups in total. The molecule has 8 nitrogen and oxygen atoms in total.